The maximum absolute atomic E-state index is 7.61. The molecule has 0 amide bonds. The van der Waals surface area contributed by atoms with E-state index in [1.165, 1.54) is 12.8 Å². The van der Waals surface area contributed by atoms with Gasteiger partial charge in [0.2, 0.25) is 0 Å². The number of allylic oxidation sites excluding steroid dienone is 1. The average Bonchev–Trinajstić information content (AvgIpc) is 2.72. The van der Waals surface area contributed by atoms with E-state index >= 15 is 0 Å². The van der Waals surface area contributed by atoms with E-state index in [1.54, 1.807) is 0 Å². The molecule has 0 saturated heterocycles. The molecule has 1 rings (SSSR count). The number of rotatable bonds is 4. The fourth-order valence-corrected chi connectivity index (χ4v) is 1.31. The molecule has 0 aromatic heterocycles. The van der Waals surface area contributed by atoms with Gasteiger partial charge in [0, 0.05) is 19.0 Å². The first kappa shape index (κ1) is 8.78. The zero-order valence-electron chi connectivity index (χ0n) is 6.65. The van der Waals surface area contributed by atoms with Gasteiger partial charge in [0.15, 0.2) is 0 Å². The molecule has 0 atom stereocenters. The highest BCUT2D eigenvalue weighted by Crippen LogP contribution is 2.33. The second kappa shape index (κ2) is 3.90. The van der Waals surface area contributed by atoms with Gasteiger partial charge in [-0.05, 0) is 41.1 Å². The molecule has 0 spiro atoms. The van der Waals surface area contributed by atoms with E-state index in [9.17, 15) is 0 Å². The summed E-state index contributed by atoms with van der Waals surface area (Å²) in [4.78, 5) is 0. The second-order valence-corrected chi connectivity index (χ2v) is 3.76. The van der Waals surface area contributed by atoms with Crippen LogP contribution in [0.4, 0.5) is 0 Å². The lowest BCUT2D eigenvalue weighted by Crippen LogP contribution is -2.02. The molecule has 1 aliphatic rings. The van der Waals surface area contributed by atoms with Gasteiger partial charge in [0.1, 0.15) is 0 Å². The standard InChI is InChI=1S/C8H13BrN2/c1-11-5-7(9)8(10)4-6-2-3-6/h5-6,10-11H,2-4H2,1H3/b7-5+,10-8?. The Morgan fingerprint density at radius 1 is 1.73 bits per heavy atom. The van der Waals surface area contributed by atoms with Crippen LogP contribution in [0.25, 0.3) is 0 Å². The molecule has 0 heterocycles. The summed E-state index contributed by atoms with van der Waals surface area (Å²) in [6.45, 7) is 0. The third-order valence-electron chi connectivity index (χ3n) is 1.75. The summed E-state index contributed by atoms with van der Waals surface area (Å²) in [7, 11) is 1.84. The summed E-state index contributed by atoms with van der Waals surface area (Å²) >= 11 is 3.33. The van der Waals surface area contributed by atoms with Crippen LogP contribution in [0.5, 0.6) is 0 Å². The topological polar surface area (TPSA) is 35.9 Å². The van der Waals surface area contributed by atoms with Crippen LogP contribution in [0.15, 0.2) is 10.7 Å². The van der Waals surface area contributed by atoms with Gasteiger partial charge in [-0.2, -0.15) is 0 Å². The Balaban J connectivity index is 2.32. The van der Waals surface area contributed by atoms with Gasteiger partial charge in [-0.25, -0.2) is 0 Å². The molecule has 0 aliphatic heterocycles. The van der Waals surface area contributed by atoms with E-state index in [4.69, 9.17) is 5.41 Å². The summed E-state index contributed by atoms with van der Waals surface area (Å²) in [5.41, 5.74) is 0.710. The number of hydrogen-bond acceptors (Lipinski definition) is 2. The van der Waals surface area contributed by atoms with Crippen molar-refractivity contribution in [3.63, 3.8) is 0 Å². The van der Waals surface area contributed by atoms with Gasteiger partial charge in [-0.1, -0.05) is 0 Å². The number of nitrogens with one attached hydrogen (secondary N) is 2. The van der Waals surface area contributed by atoms with Crippen molar-refractivity contribution < 1.29 is 0 Å². The molecule has 0 aromatic rings. The molecule has 62 valence electrons. The maximum Gasteiger partial charge on any atom is 0.0539 e. The first-order chi connectivity index (χ1) is 5.24. The molecule has 1 saturated carbocycles. The molecular weight excluding hydrogens is 204 g/mol. The first-order valence-corrected chi connectivity index (χ1v) is 4.64. The van der Waals surface area contributed by atoms with E-state index < -0.39 is 0 Å². The van der Waals surface area contributed by atoms with Crippen molar-refractivity contribution >= 4 is 21.6 Å². The van der Waals surface area contributed by atoms with Gasteiger partial charge in [0.25, 0.3) is 0 Å². The predicted molar refractivity (Wildman–Crippen MR) is 51.1 cm³/mol. The molecule has 2 N–H and O–H groups in total. The number of hydrogen-bond donors (Lipinski definition) is 2. The first-order valence-electron chi connectivity index (χ1n) is 3.84. The Kier molecular flexibility index (Phi) is 3.12. The smallest absolute Gasteiger partial charge is 0.0539 e. The summed E-state index contributed by atoms with van der Waals surface area (Å²) in [5, 5.41) is 10.5. The van der Waals surface area contributed by atoms with Crippen molar-refractivity contribution in [3.8, 4) is 0 Å². The van der Waals surface area contributed by atoms with Crippen LogP contribution in [0.1, 0.15) is 19.3 Å². The molecule has 1 aliphatic carbocycles. The fourth-order valence-electron chi connectivity index (χ4n) is 0.922. The normalized spacial score (nSPS) is 18.2. The highest BCUT2D eigenvalue weighted by atomic mass is 79.9. The Morgan fingerprint density at radius 2 is 2.36 bits per heavy atom. The Morgan fingerprint density at radius 3 is 2.82 bits per heavy atom. The van der Waals surface area contributed by atoms with E-state index in [-0.39, 0.29) is 0 Å². The summed E-state index contributed by atoms with van der Waals surface area (Å²) in [5.74, 6) is 0.792. The van der Waals surface area contributed by atoms with Crippen LogP contribution in [0.3, 0.4) is 0 Å². The van der Waals surface area contributed by atoms with Crippen LogP contribution in [-0.4, -0.2) is 12.8 Å². The SMILES string of the molecule is CN/C=C(/Br)C(=N)CC1CC1. The predicted octanol–water partition coefficient (Wildman–Crippen LogP) is 2.26. The quantitative estimate of drug-likeness (QED) is 0.696. The van der Waals surface area contributed by atoms with Crippen molar-refractivity contribution in [1.82, 2.24) is 5.32 Å². The number of halogens is 1. The Labute approximate surface area is 75.7 Å². The minimum absolute atomic E-state index is 0.710. The molecule has 0 aromatic carbocycles. The third kappa shape index (κ3) is 3.06. The van der Waals surface area contributed by atoms with E-state index in [0.29, 0.717) is 5.71 Å². The molecule has 11 heavy (non-hydrogen) atoms. The maximum atomic E-state index is 7.61. The zero-order valence-corrected chi connectivity index (χ0v) is 8.24. The Bertz CT molecular complexity index is 183. The van der Waals surface area contributed by atoms with Crippen molar-refractivity contribution in [2.24, 2.45) is 5.92 Å². The summed E-state index contributed by atoms with van der Waals surface area (Å²) in [6.07, 6.45) is 5.36. The van der Waals surface area contributed by atoms with Crippen molar-refractivity contribution in [2.45, 2.75) is 19.3 Å². The van der Waals surface area contributed by atoms with Gasteiger partial charge in [0.05, 0.1) is 4.48 Å². The lowest BCUT2D eigenvalue weighted by molar-refractivity contribution is 0.891. The average molecular weight is 217 g/mol. The lowest BCUT2D eigenvalue weighted by atomic mass is 10.2. The van der Waals surface area contributed by atoms with E-state index in [1.807, 2.05) is 13.2 Å². The lowest BCUT2D eigenvalue weighted by Gasteiger charge is -2.00. The minimum atomic E-state index is 0.710. The van der Waals surface area contributed by atoms with Crippen LogP contribution >= 0.6 is 15.9 Å². The van der Waals surface area contributed by atoms with Crippen LogP contribution in [0.2, 0.25) is 0 Å². The van der Waals surface area contributed by atoms with Crippen LogP contribution < -0.4 is 5.32 Å². The Hall–Kier alpha value is -0.310. The van der Waals surface area contributed by atoms with Gasteiger partial charge < -0.3 is 10.7 Å². The minimum Gasteiger partial charge on any atom is -0.393 e. The van der Waals surface area contributed by atoms with Crippen molar-refractivity contribution in [2.75, 3.05) is 7.05 Å². The highest BCUT2D eigenvalue weighted by Gasteiger charge is 2.23. The van der Waals surface area contributed by atoms with Crippen molar-refractivity contribution in [1.29, 1.82) is 5.41 Å². The van der Waals surface area contributed by atoms with E-state index in [2.05, 4.69) is 21.2 Å². The van der Waals surface area contributed by atoms with Gasteiger partial charge in [-0.15, -0.1) is 0 Å². The molecule has 3 heteroatoms. The van der Waals surface area contributed by atoms with E-state index in [0.717, 1.165) is 16.8 Å². The molecule has 0 unspecified atom stereocenters. The van der Waals surface area contributed by atoms with Gasteiger partial charge >= 0.3 is 0 Å². The highest BCUT2D eigenvalue weighted by molar-refractivity contribution is 9.12. The van der Waals surface area contributed by atoms with Gasteiger partial charge in [-0.3, -0.25) is 0 Å². The van der Waals surface area contributed by atoms with Crippen LogP contribution in [-0.2, 0) is 0 Å². The van der Waals surface area contributed by atoms with Crippen molar-refractivity contribution in [3.05, 3.63) is 10.7 Å². The largest absolute Gasteiger partial charge is 0.393 e. The third-order valence-corrected chi connectivity index (χ3v) is 2.46. The summed E-state index contributed by atoms with van der Waals surface area (Å²) < 4.78 is 0.881. The molecular formula is C8H13BrN2. The second-order valence-electron chi connectivity index (χ2n) is 2.91. The molecule has 1 fully saturated rings. The molecule has 2 nitrogen and oxygen atoms in total. The fraction of sp³-hybridized carbons (Fsp3) is 0.625. The molecule has 0 radical (unpaired) electrons. The zero-order chi connectivity index (χ0) is 8.27. The summed E-state index contributed by atoms with van der Waals surface area (Å²) in [6, 6.07) is 0. The monoisotopic (exact) mass is 216 g/mol. The van der Waals surface area contributed by atoms with Crippen LogP contribution in [0, 0.1) is 11.3 Å². The molecule has 0 bridgehead atoms.